The lowest BCUT2D eigenvalue weighted by Gasteiger charge is -2.01. The van der Waals surface area contributed by atoms with Gasteiger partial charge in [0.1, 0.15) is 6.08 Å². The largest absolute Gasteiger partial charge is 0.662 e. The van der Waals surface area contributed by atoms with Crippen LogP contribution in [0.4, 0.5) is 0 Å². The van der Waals surface area contributed by atoms with Crippen molar-refractivity contribution < 1.29 is 15.1 Å². The maximum atomic E-state index is 11.5. The van der Waals surface area contributed by atoms with Crippen molar-refractivity contribution in [3.63, 3.8) is 0 Å². The van der Waals surface area contributed by atoms with Gasteiger partial charge in [-0.05, 0) is 30.7 Å². The predicted octanol–water partition coefficient (Wildman–Crippen LogP) is 2.88. The van der Waals surface area contributed by atoms with Gasteiger partial charge in [-0.2, -0.15) is 0 Å². The first-order valence-corrected chi connectivity index (χ1v) is 6.97. The number of rotatable bonds is 5. The Balaban J connectivity index is 1.92. The van der Waals surface area contributed by atoms with E-state index in [1.165, 1.54) is 16.8 Å². The third-order valence-electron chi connectivity index (χ3n) is 3.04. The van der Waals surface area contributed by atoms with Gasteiger partial charge in [0.05, 0.1) is 4.79 Å². The number of hydroxylamine groups is 1. The molecule has 0 aliphatic carbocycles. The molecule has 0 fully saturated rings. The normalized spacial score (nSPS) is 10.8. The lowest BCUT2D eigenvalue weighted by molar-refractivity contribution is -0.884. The predicted molar refractivity (Wildman–Crippen MR) is 84.2 cm³/mol. The number of hydrogen-bond donors (Lipinski definition) is 1. The first-order chi connectivity index (χ1) is 10.2. The standard InChI is InChI=1S/C18H19NO2/c1-14(2)7-5-12-18(20)21-19-13-16-10-6-9-15-8-3-4-11-17(15)16/h3-12,19H,13H2,1-2H3/q+1/p+1/b12-5+. The van der Waals surface area contributed by atoms with Crippen LogP contribution in [0.2, 0.25) is 0 Å². The van der Waals surface area contributed by atoms with Gasteiger partial charge >= 0.3 is 5.97 Å². The smallest absolute Gasteiger partial charge is 0.0843 e. The molecule has 1 radical (unpaired) electrons. The maximum absolute atomic E-state index is 11.5. The number of nitrogens with two attached hydrogens (primary N) is 1. The van der Waals surface area contributed by atoms with Crippen molar-refractivity contribution in [1.82, 2.24) is 0 Å². The van der Waals surface area contributed by atoms with E-state index in [1.54, 1.807) is 11.6 Å². The van der Waals surface area contributed by atoms with Crippen LogP contribution in [0.5, 0.6) is 0 Å². The van der Waals surface area contributed by atoms with Crippen molar-refractivity contribution >= 4 is 16.7 Å². The summed E-state index contributed by atoms with van der Waals surface area (Å²) >= 11 is 0. The third-order valence-corrected chi connectivity index (χ3v) is 3.04. The van der Waals surface area contributed by atoms with Gasteiger partial charge in [0.2, 0.25) is 0 Å². The monoisotopic (exact) mass is 282 g/mol. The highest BCUT2D eigenvalue weighted by atomic mass is 16.7. The number of hydrogen-bond acceptors (Lipinski definition) is 2. The summed E-state index contributed by atoms with van der Waals surface area (Å²) in [5, 5.41) is 2.38. The van der Waals surface area contributed by atoms with Crippen LogP contribution < -0.4 is 5.48 Å². The molecule has 2 rings (SSSR count). The summed E-state index contributed by atoms with van der Waals surface area (Å²) in [5.41, 5.74) is 3.84. The third kappa shape index (κ3) is 4.58. The molecule has 2 aromatic carbocycles. The zero-order valence-electron chi connectivity index (χ0n) is 12.4. The zero-order chi connectivity index (χ0) is 15.1. The highest BCUT2D eigenvalue weighted by molar-refractivity contribution is 5.85. The van der Waals surface area contributed by atoms with E-state index in [9.17, 15) is 4.79 Å². The fourth-order valence-corrected chi connectivity index (χ4v) is 2.04. The Kier molecular flexibility index (Phi) is 5.29. The number of allylic oxidation sites excluding steroid dienone is 3. The minimum atomic E-state index is -0.354. The zero-order valence-corrected chi connectivity index (χ0v) is 12.4. The SMILES string of the molecule is CC(C)=C/C=C/C(=[O+])O[NH2+]Cc1cccc2ccccc12. The average Bonchev–Trinajstić information content (AvgIpc) is 2.47. The molecule has 2 aromatic rings. The van der Waals surface area contributed by atoms with Crippen LogP contribution >= 0.6 is 0 Å². The van der Waals surface area contributed by atoms with Gasteiger partial charge < -0.3 is 0 Å². The van der Waals surface area contributed by atoms with Crippen molar-refractivity contribution in [2.24, 2.45) is 0 Å². The molecule has 0 bridgehead atoms. The van der Waals surface area contributed by atoms with Crippen LogP contribution in [-0.4, -0.2) is 5.97 Å². The molecule has 21 heavy (non-hydrogen) atoms. The quantitative estimate of drug-likeness (QED) is 0.397. The maximum Gasteiger partial charge on any atom is 0.662 e. The second-order valence-electron chi connectivity index (χ2n) is 5.05. The van der Waals surface area contributed by atoms with E-state index >= 15 is 0 Å². The van der Waals surface area contributed by atoms with Crippen LogP contribution in [0, 0.1) is 0 Å². The second-order valence-corrected chi connectivity index (χ2v) is 5.05. The molecule has 0 atom stereocenters. The Bertz CT molecular complexity index is 677. The van der Waals surface area contributed by atoms with E-state index in [1.807, 2.05) is 44.2 Å². The number of fused-ring (bicyclic) bond motifs is 1. The average molecular weight is 282 g/mol. The number of carbonyl (C=O) groups is 1. The van der Waals surface area contributed by atoms with Crippen LogP contribution in [0.1, 0.15) is 19.4 Å². The molecular formula is C18H20NO2+2. The molecule has 0 saturated heterocycles. The van der Waals surface area contributed by atoms with Crippen molar-refractivity contribution in [2.75, 3.05) is 0 Å². The van der Waals surface area contributed by atoms with Crippen molar-refractivity contribution in [1.29, 1.82) is 0 Å². The minimum Gasteiger partial charge on any atom is -0.0843 e. The Morgan fingerprint density at radius 2 is 1.90 bits per heavy atom. The van der Waals surface area contributed by atoms with Crippen LogP contribution in [0.3, 0.4) is 0 Å². The molecule has 0 aromatic heterocycles. The first kappa shape index (κ1) is 15.0. The Hall–Kier alpha value is -2.39. The van der Waals surface area contributed by atoms with E-state index in [0.29, 0.717) is 6.54 Å². The molecule has 2 N–H and O–H groups in total. The molecule has 0 aliphatic heterocycles. The van der Waals surface area contributed by atoms with Crippen LogP contribution in [0.15, 0.2) is 66.3 Å². The fourth-order valence-electron chi connectivity index (χ4n) is 2.04. The van der Waals surface area contributed by atoms with E-state index in [4.69, 9.17) is 4.84 Å². The Labute approximate surface area is 124 Å². The summed E-state index contributed by atoms with van der Waals surface area (Å²) < 4.78 is 0. The van der Waals surface area contributed by atoms with Crippen molar-refractivity contribution in [3.05, 3.63) is 71.8 Å². The topological polar surface area (TPSA) is 45.7 Å². The Morgan fingerprint density at radius 3 is 2.71 bits per heavy atom. The van der Waals surface area contributed by atoms with Crippen molar-refractivity contribution in [2.45, 2.75) is 20.4 Å². The summed E-state index contributed by atoms with van der Waals surface area (Å²) in [6.07, 6.45) is 4.99. The number of benzene rings is 2. The van der Waals surface area contributed by atoms with E-state index < -0.39 is 0 Å². The van der Waals surface area contributed by atoms with E-state index in [-0.39, 0.29) is 5.97 Å². The van der Waals surface area contributed by atoms with Gasteiger partial charge in [0.15, 0.2) is 6.54 Å². The summed E-state index contributed by atoms with van der Waals surface area (Å²) in [4.78, 5) is 16.6. The first-order valence-electron chi connectivity index (χ1n) is 6.97. The minimum absolute atomic E-state index is 0.354. The van der Waals surface area contributed by atoms with Gasteiger partial charge in [-0.1, -0.05) is 64.4 Å². The Morgan fingerprint density at radius 1 is 1.14 bits per heavy atom. The molecule has 0 aliphatic rings. The summed E-state index contributed by atoms with van der Waals surface area (Å²) in [5.74, 6) is -0.354. The van der Waals surface area contributed by atoms with Gasteiger partial charge in [-0.3, -0.25) is 0 Å². The molecule has 0 amide bonds. The lowest BCUT2D eigenvalue weighted by Crippen LogP contribution is -2.82. The van der Waals surface area contributed by atoms with Gasteiger partial charge in [-0.25, -0.2) is 0 Å². The lowest BCUT2D eigenvalue weighted by atomic mass is 10.1. The van der Waals surface area contributed by atoms with Crippen LogP contribution in [0.25, 0.3) is 10.8 Å². The summed E-state index contributed by atoms with van der Waals surface area (Å²) in [7, 11) is 0. The van der Waals surface area contributed by atoms with Crippen molar-refractivity contribution in [3.8, 4) is 0 Å². The highest BCUT2D eigenvalue weighted by Gasteiger charge is 2.15. The molecule has 0 saturated carbocycles. The molecular weight excluding hydrogens is 262 g/mol. The number of carbonyl (C=O) groups excluding carboxylic acids is 1. The fraction of sp³-hybridized carbons (Fsp3) is 0.167. The second kappa shape index (κ2) is 7.41. The molecule has 107 valence electrons. The van der Waals surface area contributed by atoms with Crippen LogP contribution in [-0.2, 0) is 16.2 Å². The van der Waals surface area contributed by atoms with E-state index in [2.05, 4.69) is 18.2 Å². The van der Waals surface area contributed by atoms with E-state index in [0.717, 1.165) is 11.1 Å². The summed E-state index contributed by atoms with van der Waals surface area (Å²) in [6, 6.07) is 14.3. The molecule has 0 spiro atoms. The molecule has 3 nitrogen and oxygen atoms in total. The molecule has 0 heterocycles. The van der Waals surface area contributed by atoms with Gasteiger partial charge in [-0.15, -0.1) is 0 Å². The molecule has 3 heteroatoms. The number of quaternary nitrogens is 1. The highest BCUT2D eigenvalue weighted by Crippen LogP contribution is 2.17. The molecule has 0 unspecified atom stereocenters. The van der Waals surface area contributed by atoms with Gasteiger partial charge in [0, 0.05) is 5.56 Å². The summed E-state index contributed by atoms with van der Waals surface area (Å²) in [6.45, 7) is 4.55. The van der Waals surface area contributed by atoms with Gasteiger partial charge in [0.25, 0.3) is 0 Å².